The van der Waals surface area contributed by atoms with Crippen molar-refractivity contribution in [2.24, 2.45) is 17.8 Å². The van der Waals surface area contributed by atoms with Crippen molar-refractivity contribution in [3.8, 4) is 5.75 Å². The number of fused-ring (bicyclic) bond motifs is 1. The molecule has 0 aliphatic carbocycles. The van der Waals surface area contributed by atoms with Crippen LogP contribution in [0.25, 0.3) is 0 Å². The molecule has 0 radical (unpaired) electrons. The van der Waals surface area contributed by atoms with Gasteiger partial charge in [0.15, 0.2) is 0 Å². The average Bonchev–Trinajstić information content (AvgIpc) is 2.87. The third kappa shape index (κ3) is 5.68. The van der Waals surface area contributed by atoms with Crippen LogP contribution in [-0.2, 0) is 21.2 Å². The van der Waals surface area contributed by atoms with E-state index in [2.05, 4.69) is 13.8 Å². The zero-order chi connectivity index (χ0) is 25.2. The first kappa shape index (κ1) is 26.0. The number of hydrogen-bond acceptors (Lipinski definition) is 5. The van der Waals surface area contributed by atoms with Gasteiger partial charge in [0.25, 0.3) is 10.0 Å². The fraction of sp³-hybridized carbons (Fsp3) is 0.571. The Morgan fingerprint density at radius 3 is 2.37 bits per heavy atom. The van der Waals surface area contributed by atoms with E-state index in [4.69, 9.17) is 9.47 Å². The van der Waals surface area contributed by atoms with Gasteiger partial charge in [-0.25, -0.2) is 8.42 Å². The number of rotatable bonds is 8. The van der Waals surface area contributed by atoms with Gasteiger partial charge in [-0.1, -0.05) is 39.8 Å². The summed E-state index contributed by atoms with van der Waals surface area (Å²) in [5, 5.41) is 11.0. The van der Waals surface area contributed by atoms with Gasteiger partial charge >= 0.3 is 0 Å². The number of ether oxygens (including phenoxy) is 2. The second-order valence-corrected chi connectivity index (χ2v) is 12.2. The Hall–Kier alpha value is -2.09. The van der Waals surface area contributed by atoms with Crippen LogP contribution in [-0.4, -0.2) is 39.4 Å². The SMILES string of the molecule is CCc1ccc(N(CC(C)C)S(=O)(=O)c2ccc3c(c2)C(O)CC(C(C)C2CCOCC2)O3)cc1. The summed E-state index contributed by atoms with van der Waals surface area (Å²) in [6, 6.07) is 12.6. The highest BCUT2D eigenvalue weighted by molar-refractivity contribution is 7.92. The fourth-order valence-corrected chi connectivity index (χ4v) is 6.84. The van der Waals surface area contributed by atoms with Crippen LogP contribution in [0.5, 0.6) is 5.75 Å². The molecule has 0 bridgehead atoms. The molecule has 2 aromatic carbocycles. The van der Waals surface area contributed by atoms with E-state index in [1.165, 1.54) is 4.31 Å². The number of aliphatic hydroxyl groups is 1. The largest absolute Gasteiger partial charge is 0.490 e. The van der Waals surface area contributed by atoms with Crippen molar-refractivity contribution in [3.63, 3.8) is 0 Å². The summed E-state index contributed by atoms with van der Waals surface area (Å²) in [6.45, 7) is 10.2. The molecule has 0 spiro atoms. The van der Waals surface area contributed by atoms with Crippen LogP contribution < -0.4 is 9.04 Å². The predicted octanol–water partition coefficient (Wildman–Crippen LogP) is 5.35. The molecule has 35 heavy (non-hydrogen) atoms. The van der Waals surface area contributed by atoms with Gasteiger partial charge in [0.05, 0.1) is 16.7 Å². The van der Waals surface area contributed by atoms with Crippen LogP contribution in [0.15, 0.2) is 47.4 Å². The molecule has 2 heterocycles. The normalized spacial score (nSPS) is 21.9. The van der Waals surface area contributed by atoms with Crippen LogP contribution in [0.1, 0.15) is 64.2 Å². The van der Waals surface area contributed by atoms with Crippen molar-refractivity contribution in [2.75, 3.05) is 24.1 Å². The number of nitrogens with zero attached hydrogens (tertiary/aromatic N) is 1. The maximum absolute atomic E-state index is 13.8. The van der Waals surface area contributed by atoms with Crippen molar-refractivity contribution in [2.45, 2.75) is 70.5 Å². The molecule has 0 amide bonds. The highest BCUT2D eigenvalue weighted by Gasteiger charge is 2.36. The molecule has 2 aliphatic rings. The van der Waals surface area contributed by atoms with Crippen molar-refractivity contribution in [3.05, 3.63) is 53.6 Å². The first-order valence-electron chi connectivity index (χ1n) is 12.9. The molecule has 4 rings (SSSR count). The lowest BCUT2D eigenvalue weighted by Gasteiger charge is -2.38. The minimum atomic E-state index is -3.82. The van der Waals surface area contributed by atoms with E-state index in [0.717, 1.165) is 38.0 Å². The van der Waals surface area contributed by atoms with E-state index < -0.39 is 16.1 Å². The zero-order valence-electron chi connectivity index (χ0n) is 21.3. The van der Waals surface area contributed by atoms with Gasteiger partial charge in [-0.2, -0.15) is 0 Å². The highest BCUT2D eigenvalue weighted by atomic mass is 32.2. The average molecular weight is 502 g/mol. The quantitative estimate of drug-likeness (QED) is 0.528. The molecule has 3 unspecified atom stereocenters. The lowest BCUT2D eigenvalue weighted by atomic mass is 9.80. The summed E-state index contributed by atoms with van der Waals surface area (Å²) in [6.07, 6.45) is 2.51. The first-order valence-corrected chi connectivity index (χ1v) is 14.3. The maximum Gasteiger partial charge on any atom is 0.264 e. The maximum atomic E-state index is 13.8. The van der Waals surface area contributed by atoms with Crippen LogP contribution in [0.3, 0.4) is 0 Å². The Morgan fingerprint density at radius 1 is 1.06 bits per heavy atom. The molecular formula is C28H39NO5S. The smallest absolute Gasteiger partial charge is 0.264 e. The summed E-state index contributed by atoms with van der Waals surface area (Å²) in [7, 11) is -3.82. The second-order valence-electron chi connectivity index (χ2n) is 10.4. The molecule has 6 nitrogen and oxygen atoms in total. The summed E-state index contributed by atoms with van der Waals surface area (Å²) in [5.74, 6) is 1.52. The third-order valence-corrected chi connectivity index (χ3v) is 9.21. The Morgan fingerprint density at radius 2 is 1.74 bits per heavy atom. The fourth-order valence-electron chi connectivity index (χ4n) is 5.18. The number of sulfonamides is 1. The summed E-state index contributed by atoms with van der Waals surface area (Å²) in [5.41, 5.74) is 2.36. The number of hydrogen-bond donors (Lipinski definition) is 1. The van der Waals surface area contributed by atoms with Gasteiger partial charge in [-0.15, -0.1) is 0 Å². The molecule has 192 valence electrons. The first-order chi connectivity index (χ1) is 16.7. The van der Waals surface area contributed by atoms with E-state index in [0.29, 0.717) is 35.9 Å². The Labute approximate surface area is 210 Å². The van der Waals surface area contributed by atoms with E-state index >= 15 is 0 Å². The lowest BCUT2D eigenvalue weighted by molar-refractivity contribution is -0.0105. The van der Waals surface area contributed by atoms with Crippen LogP contribution in [0.4, 0.5) is 5.69 Å². The number of anilines is 1. The summed E-state index contributed by atoms with van der Waals surface area (Å²) in [4.78, 5) is 0.176. The third-order valence-electron chi connectivity index (χ3n) is 7.42. The van der Waals surface area contributed by atoms with E-state index in [-0.39, 0.29) is 22.8 Å². The van der Waals surface area contributed by atoms with Gasteiger partial charge in [-0.05, 0) is 72.9 Å². The zero-order valence-corrected chi connectivity index (χ0v) is 22.1. The van der Waals surface area contributed by atoms with Crippen molar-refractivity contribution >= 4 is 15.7 Å². The second kappa shape index (κ2) is 10.9. The van der Waals surface area contributed by atoms with E-state index in [9.17, 15) is 13.5 Å². The van der Waals surface area contributed by atoms with Crippen molar-refractivity contribution < 1.29 is 23.0 Å². The Kier molecular flexibility index (Phi) is 8.09. The van der Waals surface area contributed by atoms with Crippen LogP contribution in [0.2, 0.25) is 0 Å². The number of aryl methyl sites for hydroxylation is 1. The number of benzene rings is 2. The molecule has 0 saturated carbocycles. The predicted molar refractivity (Wildman–Crippen MR) is 138 cm³/mol. The lowest BCUT2D eigenvalue weighted by Crippen LogP contribution is -2.37. The standard InChI is InChI=1S/C28H39NO5S/c1-5-21-6-8-23(9-7-21)29(18-19(2)3)35(31,32)24-10-11-27-25(16-24)26(30)17-28(34-27)20(4)22-12-14-33-15-13-22/h6-11,16,19-20,22,26,28,30H,5,12-15,17-18H2,1-4H3. The van der Waals surface area contributed by atoms with Gasteiger partial charge in [0.2, 0.25) is 0 Å². The Balaban J connectivity index is 1.60. The molecule has 1 N–H and O–H groups in total. The minimum absolute atomic E-state index is 0.0995. The van der Waals surface area contributed by atoms with Gasteiger partial charge in [0.1, 0.15) is 11.9 Å². The van der Waals surface area contributed by atoms with E-state index in [1.54, 1.807) is 18.2 Å². The van der Waals surface area contributed by atoms with Gasteiger partial charge in [-0.3, -0.25) is 4.31 Å². The molecule has 1 fully saturated rings. The molecule has 2 aromatic rings. The van der Waals surface area contributed by atoms with Gasteiger partial charge < -0.3 is 14.6 Å². The summed E-state index contributed by atoms with van der Waals surface area (Å²) < 4.78 is 40.9. The molecular weight excluding hydrogens is 462 g/mol. The molecule has 7 heteroatoms. The van der Waals surface area contributed by atoms with E-state index in [1.807, 2.05) is 38.1 Å². The highest BCUT2D eigenvalue weighted by Crippen LogP contribution is 2.41. The molecule has 3 atom stereocenters. The van der Waals surface area contributed by atoms with Crippen molar-refractivity contribution in [1.82, 2.24) is 0 Å². The van der Waals surface area contributed by atoms with Gasteiger partial charge in [0, 0.05) is 31.7 Å². The topological polar surface area (TPSA) is 76.1 Å². The summed E-state index contributed by atoms with van der Waals surface area (Å²) >= 11 is 0. The molecule has 1 saturated heterocycles. The van der Waals surface area contributed by atoms with Crippen LogP contribution in [0, 0.1) is 17.8 Å². The minimum Gasteiger partial charge on any atom is -0.490 e. The van der Waals surface area contributed by atoms with Crippen molar-refractivity contribution in [1.29, 1.82) is 0 Å². The Bertz CT molecular complexity index is 1090. The molecule has 2 aliphatic heterocycles. The van der Waals surface area contributed by atoms with Crippen LogP contribution >= 0.6 is 0 Å². The monoisotopic (exact) mass is 501 g/mol. The number of aliphatic hydroxyl groups excluding tert-OH is 1. The molecule has 0 aromatic heterocycles.